The van der Waals surface area contributed by atoms with Crippen LogP contribution in [-0.2, 0) is 11.3 Å². The Hall–Kier alpha value is -4.84. The van der Waals surface area contributed by atoms with Crippen molar-refractivity contribution < 1.29 is 14.6 Å². The lowest BCUT2D eigenvalue weighted by molar-refractivity contribution is -0.142. The fraction of sp³-hybridized carbons (Fsp3) is 0.241. The van der Waals surface area contributed by atoms with E-state index in [1.165, 1.54) is 10.7 Å². The monoisotopic (exact) mass is 509 g/mol. The number of nitriles is 1. The van der Waals surface area contributed by atoms with Gasteiger partial charge in [-0.15, -0.1) is 0 Å². The average Bonchev–Trinajstić information content (AvgIpc) is 2.94. The molecule has 0 aliphatic heterocycles. The van der Waals surface area contributed by atoms with Crippen LogP contribution in [0, 0.1) is 17.2 Å². The summed E-state index contributed by atoms with van der Waals surface area (Å²) >= 11 is 0. The van der Waals surface area contributed by atoms with Gasteiger partial charge in [-0.05, 0) is 42.7 Å². The molecule has 0 radical (unpaired) electrons. The molecule has 1 unspecified atom stereocenters. The maximum atomic E-state index is 12.5. The minimum Gasteiger partial charge on any atom is -0.487 e. The van der Waals surface area contributed by atoms with Crippen LogP contribution in [0.5, 0.6) is 5.75 Å². The van der Waals surface area contributed by atoms with Gasteiger partial charge in [0.05, 0.1) is 48.3 Å². The molecule has 9 nitrogen and oxygen atoms in total. The second kappa shape index (κ2) is 11.9. The van der Waals surface area contributed by atoms with E-state index >= 15 is 0 Å². The zero-order valence-corrected chi connectivity index (χ0v) is 21.1. The van der Waals surface area contributed by atoms with Crippen LogP contribution in [-0.4, -0.2) is 36.9 Å². The summed E-state index contributed by atoms with van der Waals surface area (Å²) in [5.74, 6) is -0.389. The van der Waals surface area contributed by atoms with E-state index in [1.54, 1.807) is 43.6 Å². The van der Waals surface area contributed by atoms with E-state index in [9.17, 15) is 14.9 Å². The van der Waals surface area contributed by atoms with Gasteiger partial charge in [-0.2, -0.15) is 10.4 Å². The number of carboxylic acids is 1. The smallest absolute Gasteiger partial charge is 0.306 e. The maximum Gasteiger partial charge on any atom is 0.306 e. The predicted octanol–water partition coefficient (Wildman–Crippen LogP) is 4.56. The lowest BCUT2D eigenvalue weighted by Crippen LogP contribution is -2.23. The number of carbonyl (C=O) groups is 1. The van der Waals surface area contributed by atoms with Crippen LogP contribution in [0.1, 0.15) is 37.8 Å². The fourth-order valence-corrected chi connectivity index (χ4v) is 3.96. The largest absolute Gasteiger partial charge is 0.487 e. The van der Waals surface area contributed by atoms with Gasteiger partial charge in [-0.25, -0.2) is 14.6 Å². The minimum absolute atomic E-state index is 0.240. The number of hydrogen-bond donors (Lipinski definition) is 1. The summed E-state index contributed by atoms with van der Waals surface area (Å²) in [4.78, 5) is 32.5. The molecule has 0 aliphatic rings. The number of nitrogens with zero attached hydrogens (tertiary/aromatic N) is 5. The Balaban J connectivity index is 1.50. The maximum absolute atomic E-state index is 12.5. The zero-order valence-electron chi connectivity index (χ0n) is 21.1. The van der Waals surface area contributed by atoms with E-state index in [0.29, 0.717) is 35.7 Å². The number of rotatable bonds is 10. The van der Waals surface area contributed by atoms with Crippen molar-refractivity contribution in [1.82, 2.24) is 19.7 Å². The third kappa shape index (κ3) is 6.48. The molecule has 0 saturated heterocycles. The summed E-state index contributed by atoms with van der Waals surface area (Å²) in [5, 5.41) is 22.8. The zero-order chi connectivity index (χ0) is 27.1. The molecule has 0 aliphatic carbocycles. The van der Waals surface area contributed by atoms with Crippen LogP contribution in [0.15, 0.2) is 77.9 Å². The minimum atomic E-state index is -0.851. The molecule has 0 fully saturated rings. The molecule has 0 saturated carbocycles. The fourth-order valence-electron chi connectivity index (χ4n) is 3.96. The summed E-state index contributed by atoms with van der Waals surface area (Å²) in [7, 11) is 0. The number of ether oxygens (including phenoxy) is 1. The van der Waals surface area contributed by atoms with Crippen molar-refractivity contribution in [2.45, 2.75) is 39.3 Å². The van der Waals surface area contributed by atoms with Crippen molar-refractivity contribution in [2.75, 3.05) is 0 Å². The third-order valence-electron chi connectivity index (χ3n) is 6.10. The van der Waals surface area contributed by atoms with Crippen molar-refractivity contribution in [3.63, 3.8) is 0 Å². The molecule has 2 aromatic carbocycles. The lowest BCUT2D eigenvalue weighted by atomic mass is 10.0. The van der Waals surface area contributed by atoms with Crippen molar-refractivity contribution >= 4 is 5.97 Å². The van der Waals surface area contributed by atoms with Gasteiger partial charge in [0.15, 0.2) is 11.6 Å². The van der Waals surface area contributed by atoms with Gasteiger partial charge in [0, 0.05) is 17.2 Å². The molecule has 38 heavy (non-hydrogen) atoms. The molecule has 0 amide bonds. The van der Waals surface area contributed by atoms with Crippen molar-refractivity contribution in [3.05, 3.63) is 94.5 Å². The van der Waals surface area contributed by atoms with Gasteiger partial charge in [0.2, 0.25) is 0 Å². The number of hydrogen-bond acceptors (Lipinski definition) is 7. The van der Waals surface area contributed by atoms with Crippen LogP contribution < -0.4 is 10.3 Å². The predicted molar refractivity (Wildman–Crippen MR) is 141 cm³/mol. The number of carboxylic acid groups (broad SMARTS) is 1. The van der Waals surface area contributed by atoms with Crippen LogP contribution in [0.2, 0.25) is 0 Å². The molecular formula is C29H27N5O4. The molecular weight excluding hydrogens is 482 g/mol. The molecule has 192 valence electrons. The Kier molecular flexibility index (Phi) is 8.23. The molecule has 2 aromatic heterocycles. The van der Waals surface area contributed by atoms with Gasteiger partial charge in [0.25, 0.3) is 5.56 Å². The van der Waals surface area contributed by atoms with E-state index in [4.69, 9.17) is 9.84 Å². The second-order valence-electron chi connectivity index (χ2n) is 8.97. The molecule has 1 N–H and O–H groups in total. The van der Waals surface area contributed by atoms with Crippen molar-refractivity contribution in [1.29, 1.82) is 5.26 Å². The van der Waals surface area contributed by atoms with Crippen molar-refractivity contribution in [2.24, 2.45) is 5.92 Å². The first kappa shape index (κ1) is 26.2. The van der Waals surface area contributed by atoms with E-state index in [0.717, 1.165) is 16.7 Å². The number of benzene rings is 2. The third-order valence-corrected chi connectivity index (χ3v) is 6.10. The summed E-state index contributed by atoms with van der Waals surface area (Å²) in [6.07, 6.45) is 3.97. The van der Waals surface area contributed by atoms with Crippen LogP contribution >= 0.6 is 0 Å². The normalized spacial score (nSPS) is 12.3. The van der Waals surface area contributed by atoms with Crippen LogP contribution in [0.4, 0.5) is 0 Å². The Morgan fingerprint density at radius 3 is 2.53 bits per heavy atom. The van der Waals surface area contributed by atoms with Gasteiger partial charge >= 0.3 is 5.97 Å². The SMILES string of the molecule is CC[C@H](CC(C)C(=O)O)Oc1cnc(-c2cccc(Cn3nc(-c4cccc(C#N)c4)ccc3=O)c2)nc1. The van der Waals surface area contributed by atoms with E-state index in [1.807, 2.05) is 37.3 Å². The number of aliphatic carboxylic acids is 1. The summed E-state index contributed by atoms with van der Waals surface area (Å²) in [6.45, 7) is 3.85. The lowest BCUT2D eigenvalue weighted by Gasteiger charge is -2.19. The first-order valence-electron chi connectivity index (χ1n) is 12.3. The summed E-state index contributed by atoms with van der Waals surface area (Å²) < 4.78 is 7.28. The van der Waals surface area contributed by atoms with Gasteiger partial charge in [0.1, 0.15) is 0 Å². The van der Waals surface area contributed by atoms with Gasteiger partial charge in [-0.3, -0.25) is 9.59 Å². The highest BCUT2D eigenvalue weighted by Crippen LogP contribution is 2.22. The van der Waals surface area contributed by atoms with E-state index < -0.39 is 11.9 Å². The molecule has 2 atom stereocenters. The molecule has 9 heteroatoms. The Morgan fingerprint density at radius 2 is 1.82 bits per heavy atom. The van der Waals surface area contributed by atoms with Gasteiger partial charge in [-0.1, -0.05) is 44.2 Å². The Labute approximate surface area is 220 Å². The highest BCUT2D eigenvalue weighted by atomic mass is 16.5. The first-order valence-corrected chi connectivity index (χ1v) is 12.3. The Morgan fingerprint density at radius 1 is 1.08 bits per heavy atom. The topological polar surface area (TPSA) is 131 Å². The molecule has 4 aromatic rings. The van der Waals surface area contributed by atoms with Gasteiger partial charge < -0.3 is 9.84 Å². The van der Waals surface area contributed by atoms with E-state index in [-0.39, 0.29) is 18.2 Å². The highest BCUT2D eigenvalue weighted by molar-refractivity contribution is 5.69. The number of aromatic nitrogens is 4. The van der Waals surface area contributed by atoms with Crippen LogP contribution in [0.25, 0.3) is 22.6 Å². The average molecular weight is 510 g/mol. The first-order chi connectivity index (χ1) is 18.4. The quantitative estimate of drug-likeness (QED) is 0.329. The molecule has 4 rings (SSSR count). The molecule has 0 spiro atoms. The Bertz CT molecular complexity index is 1530. The standard InChI is InChI=1S/C29H27N5O4/c1-3-24(12-19(2)29(36)37)38-25-16-31-28(32-17-25)23-9-5-7-21(14-23)18-34-27(35)11-10-26(33-34)22-8-4-6-20(13-22)15-30/h4-11,13-14,16-17,19,24H,3,12,18H2,1-2H3,(H,36,37)/t19?,24-/m1/s1. The van der Waals surface area contributed by atoms with E-state index in [2.05, 4.69) is 21.1 Å². The van der Waals surface area contributed by atoms with Crippen LogP contribution in [0.3, 0.4) is 0 Å². The molecule has 2 heterocycles. The highest BCUT2D eigenvalue weighted by Gasteiger charge is 2.19. The van der Waals surface area contributed by atoms with Crippen molar-refractivity contribution in [3.8, 4) is 34.5 Å². The summed E-state index contributed by atoms with van der Waals surface area (Å²) in [5.41, 5.74) is 3.25. The second-order valence-corrected chi connectivity index (χ2v) is 8.97. The molecule has 0 bridgehead atoms. The summed E-state index contributed by atoms with van der Waals surface area (Å²) in [6, 6.07) is 19.8.